The number of rotatable bonds is 3. The van der Waals surface area contributed by atoms with Gasteiger partial charge < -0.3 is 9.64 Å². The van der Waals surface area contributed by atoms with Crippen LogP contribution in [-0.2, 0) is 17.8 Å². The van der Waals surface area contributed by atoms with Crippen LogP contribution in [-0.4, -0.2) is 33.4 Å². The first-order valence-electron chi connectivity index (χ1n) is 5.78. The van der Waals surface area contributed by atoms with Crippen LogP contribution >= 0.6 is 0 Å². The van der Waals surface area contributed by atoms with Crippen molar-refractivity contribution in [3.8, 4) is 0 Å². The van der Waals surface area contributed by atoms with E-state index < -0.39 is 5.60 Å². The first-order chi connectivity index (χ1) is 7.83. The summed E-state index contributed by atoms with van der Waals surface area (Å²) in [6, 6.07) is 1.91. The molecule has 0 N–H and O–H groups in total. The Morgan fingerprint density at radius 1 is 1.53 bits per heavy atom. The highest BCUT2D eigenvalue weighted by Gasteiger charge is 2.20. The maximum absolute atomic E-state index is 11.8. The zero-order valence-corrected chi connectivity index (χ0v) is 11.2. The van der Waals surface area contributed by atoms with Gasteiger partial charge in [0, 0.05) is 19.8 Å². The summed E-state index contributed by atoms with van der Waals surface area (Å²) >= 11 is 0. The summed E-state index contributed by atoms with van der Waals surface area (Å²) in [5.74, 6) is 0. The fourth-order valence-corrected chi connectivity index (χ4v) is 1.43. The number of aryl methyl sites for hydroxylation is 1. The van der Waals surface area contributed by atoms with Crippen LogP contribution in [0.4, 0.5) is 4.79 Å². The van der Waals surface area contributed by atoms with Gasteiger partial charge in [0.25, 0.3) is 0 Å². The van der Waals surface area contributed by atoms with Gasteiger partial charge in [-0.1, -0.05) is 0 Å². The minimum Gasteiger partial charge on any atom is -0.444 e. The van der Waals surface area contributed by atoms with E-state index >= 15 is 0 Å². The Kier molecular flexibility index (Phi) is 4.15. The molecule has 5 heteroatoms. The highest BCUT2D eigenvalue weighted by molar-refractivity contribution is 5.67. The van der Waals surface area contributed by atoms with Gasteiger partial charge in [0.2, 0.25) is 0 Å². The van der Waals surface area contributed by atoms with Gasteiger partial charge in [0.1, 0.15) is 5.60 Å². The van der Waals surface area contributed by atoms with Crippen LogP contribution in [0.1, 0.15) is 33.4 Å². The molecule has 0 aliphatic rings. The standard InChI is InChI=1S/C12H21N3O2/c1-6-15-10(7-8-13-15)9-14(5)11(16)17-12(2,3)4/h7-8H,6,9H2,1-5H3. The van der Waals surface area contributed by atoms with E-state index in [1.54, 1.807) is 18.1 Å². The molecule has 0 spiro atoms. The summed E-state index contributed by atoms with van der Waals surface area (Å²) in [6.45, 7) is 8.89. The van der Waals surface area contributed by atoms with Crippen LogP contribution in [0, 0.1) is 0 Å². The lowest BCUT2D eigenvalue weighted by molar-refractivity contribution is 0.0281. The molecule has 1 rings (SSSR count). The average Bonchev–Trinajstić information content (AvgIpc) is 2.62. The lowest BCUT2D eigenvalue weighted by Crippen LogP contribution is -2.34. The Hall–Kier alpha value is -1.52. The molecule has 0 radical (unpaired) electrons. The smallest absolute Gasteiger partial charge is 0.410 e. The van der Waals surface area contributed by atoms with E-state index in [0.29, 0.717) is 6.54 Å². The highest BCUT2D eigenvalue weighted by Crippen LogP contribution is 2.11. The number of aromatic nitrogens is 2. The molecular formula is C12H21N3O2. The zero-order chi connectivity index (χ0) is 13.1. The fraction of sp³-hybridized carbons (Fsp3) is 0.667. The second-order valence-corrected chi connectivity index (χ2v) is 4.97. The van der Waals surface area contributed by atoms with Crippen molar-refractivity contribution < 1.29 is 9.53 Å². The number of hydrogen-bond donors (Lipinski definition) is 0. The Morgan fingerprint density at radius 3 is 2.71 bits per heavy atom. The molecule has 17 heavy (non-hydrogen) atoms. The van der Waals surface area contributed by atoms with Crippen LogP contribution in [0.25, 0.3) is 0 Å². The fourth-order valence-electron chi connectivity index (χ4n) is 1.43. The molecule has 0 saturated heterocycles. The predicted molar refractivity (Wildman–Crippen MR) is 65.6 cm³/mol. The SMILES string of the molecule is CCn1nccc1CN(C)C(=O)OC(C)(C)C. The van der Waals surface area contributed by atoms with Crippen molar-refractivity contribution in [2.24, 2.45) is 0 Å². The van der Waals surface area contributed by atoms with Gasteiger partial charge >= 0.3 is 6.09 Å². The van der Waals surface area contributed by atoms with E-state index in [4.69, 9.17) is 4.74 Å². The van der Waals surface area contributed by atoms with Crippen LogP contribution < -0.4 is 0 Å². The normalized spacial score (nSPS) is 11.4. The molecule has 1 amide bonds. The third kappa shape index (κ3) is 4.09. The summed E-state index contributed by atoms with van der Waals surface area (Å²) in [5, 5.41) is 4.16. The first kappa shape index (κ1) is 13.5. The minimum absolute atomic E-state index is 0.318. The summed E-state index contributed by atoms with van der Waals surface area (Å²) in [5.41, 5.74) is 0.539. The van der Waals surface area contributed by atoms with E-state index in [9.17, 15) is 4.79 Å². The van der Waals surface area contributed by atoms with E-state index in [1.807, 2.05) is 38.4 Å². The van der Waals surface area contributed by atoms with Crippen LogP contribution in [0.3, 0.4) is 0 Å². The number of hydrogen-bond acceptors (Lipinski definition) is 3. The number of carbonyl (C=O) groups is 1. The van der Waals surface area contributed by atoms with Crippen molar-refractivity contribution in [3.63, 3.8) is 0 Å². The highest BCUT2D eigenvalue weighted by atomic mass is 16.6. The molecule has 0 fully saturated rings. The molecule has 0 atom stereocenters. The van der Waals surface area contributed by atoms with Crippen LogP contribution in [0.15, 0.2) is 12.3 Å². The third-order valence-electron chi connectivity index (χ3n) is 2.21. The second kappa shape index (κ2) is 5.21. The molecular weight excluding hydrogens is 218 g/mol. The molecule has 1 heterocycles. The van der Waals surface area contributed by atoms with Crippen molar-refractivity contribution in [2.75, 3.05) is 7.05 Å². The number of ether oxygens (including phenoxy) is 1. The largest absolute Gasteiger partial charge is 0.444 e. The van der Waals surface area contributed by atoms with Gasteiger partial charge in [0.15, 0.2) is 0 Å². The number of carbonyl (C=O) groups excluding carboxylic acids is 1. The molecule has 0 aliphatic heterocycles. The topological polar surface area (TPSA) is 47.4 Å². The quantitative estimate of drug-likeness (QED) is 0.813. The zero-order valence-electron chi connectivity index (χ0n) is 11.2. The Balaban J connectivity index is 2.60. The average molecular weight is 239 g/mol. The Bertz CT molecular complexity index is 379. The minimum atomic E-state index is -0.462. The molecule has 1 aromatic heterocycles. The van der Waals surface area contributed by atoms with Crippen LogP contribution in [0.5, 0.6) is 0 Å². The van der Waals surface area contributed by atoms with Gasteiger partial charge in [-0.2, -0.15) is 5.10 Å². The van der Waals surface area contributed by atoms with Crippen LogP contribution in [0.2, 0.25) is 0 Å². The summed E-state index contributed by atoms with van der Waals surface area (Å²) in [7, 11) is 1.72. The monoisotopic (exact) mass is 239 g/mol. The molecule has 1 aromatic rings. The van der Waals surface area contributed by atoms with E-state index in [0.717, 1.165) is 12.2 Å². The van der Waals surface area contributed by atoms with E-state index in [-0.39, 0.29) is 6.09 Å². The van der Waals surface area contributed by atoms with Gasteiger partial charge in [-0.25, -0.2) is 4.79 Å². The lowest BCUT2D eigenvalue weighted by Gasteiger charge is -2.24. The van der Waals surface area contributed by atoms with Crippen molar-refractivity contribution in [2.45, 2.75) is 46.4 Å². The maximum atomic E-state index is 11.8. The van der Waals surface area contributed by atoms with Gasteiger partial charge in [-0.15, -0.1) is 0 Å². The lowest BCUT2D eigenvalue weighted by atomic mass is 10.2. The molecule has 0 unspecified atom stereocenters. The molecule has 0 aromatic carbocycles. The van der Waals surface area contributed by atoms with Crippen molar-refractivity contribution in [1.29, 1.82) is 0 Å². The second-order valence-electron chi connectivity index (χ2n) is 4.97. The van der Waals surface area contributed by atoms with Gasteiger partial charge in [-0.05, 0) is 33.8 Å². The van der Waals surface area contributed by atoms with Crippen molar-refractivity contribution in [3.05, 3.63) is 18.0 Å². The number of nitrogens with zero attached hydrogens (tertiary/aromatic N) is 3. The molecule has 5 nitrogen and oxygen atoms in total. The van der Waals surface area contributed by atoms with Crippen molar-refractivity contribution in [1.82, 2.24) is 14.7 Å². The van der Waals surface area contributed by atoms with E-state index in [1.165, 1.54) is 0 Å². The molecule has 0 aliphatic carbocycles. The third-order valence-corrected chi connectivity index (χ3v) is 2.21. The predicted octanol–water partition coefficient (Wildman–Crippen LogP) is 2.27. The van der Waals surface area contributed by atoms with Gasteiger partial charge in [0.05, 0.1) is 12.2 Å². The molecule has 96 valence electrons. The summed E-state index contributed by atoms with van der Waals surface area (Å²) in [6.07, 6.45) is 1.42. The summed E-state index contributed by atoms with van der Waals surface area (Å²) in [4.78, 5) is 13.3. The maximum Gasteiger partial charge on any atom is 0.410 e. The molecule has 0 bridgehead atoms. The molecule has 0 saturated carbocycles. The first-order valence-corrected chi connectivity index (χ1v) is 5.78. The Morgan fingerprint density at radius 2 is 2.18 bits per heavy atom. The number of amides is 1. The van der Waals surface area contributed by atoms with Gasteiger partial charge in [-0.3, -0.25) is 4.68 Å². The van der Waals surface area contributed by atoms with E-state index in [2.05, 4.69) is 5.10 Å². The Labute approximate surface area is 102 Å². The summed E-state index contributed by atoms with van der Waals surface area (Å²) < 4.78 is 7.14. The van der Waals surface area contributed by atoms with Crippen molar-refractivity contribution >= 4 is 6.09 Å².